The second-order valence-electron chi connectivity index (χ2n) is 5.40. The minimum Gasteiger partial charge on any atom is -0.396 e. The normalized spacial score (nSPS) is 27.4. The van der Waals surface area contributed by atoms with Crippen molar-refractivity contribution in [2.24, 2.45) is 5.92 Å². The average Bonchev–Trinajstić information content (AvgIpc) is 2.29. The van der Waals surface area contributed by atoms with Crippen LogP contribution < -0.4 is 10.6 Å². The molecule has 1 saturated heterocycles. The highest BCUT2D eigenvalue weighted by atomic mass is 16.3. The van der Waals surface area contributed by atoms with Gasteiger partial charge in [0, 0.05) is 24.7 Å². The molecule has 0 aromatic rings. The molecule has 96 valence electrons. The van der Waals surface area contributed by atoms with Gasteiger partial charge in [0.1, 0.15) is 0 Å². The maximum Gasteiger partial charge on any atom is 0.0471 e. The maximum absolute atomic E-state index is 9.09. The highest BCUT2D eigenvalue weighted by Crippen LogP contribution is 2.13. The first-order chi connectivity index (χ1) is 7.63. The molecule has 0 aromatic heterocycles. The van der Waals surface area contributed by atoms with Gasteiger partial charge < -0.3 is 15.7 Å². The SMILES string of the molecule is CC(CC1CCCCN1)NC(C)C(C)CO. The summed E-state index contributed by atoms with van der Waals surface area (Å²) in [5.41, 5.74) is 0. The predicted octanol–water partition coefficient (Wildman–Crippen LogP) is 1.51. The van der Waals surface area contributed by atoms with Crippen molar-refractivity contribution in [3.8, 4) is 0 Å². The first-order valence-electron chi connectivity index (χ1n) is 6.73. The molecule has 1 heterocycles. The lowest BCUT2D eigenvalue weighted by molar-refractivity contribution is 0.198. The summed E-state index contributed by atoms with van der Waals surface area (Å²) < 4.78 is 0. The van der Waals surface area contributed by atoms with Gasteiger partial charge in [0.2, 0.25) is 0 Å². The van der Waals surface area contributed by atoms with Gasteiger partial charge in [0.05, 0.1) is 0 Å². The largest absolute Gasteiger partial charge is 0.396 e. The predicted molar refractivity (Wildman–Crippen MR) is 68.6 cm³/mol. The molecule has 1 fully saturated rings. The Bertz CT molecular complexity index is 177. The molecule has 1 aliphatic heterocycles. The molecule has 0 amide bonds. The molecule has 1 aliphatic rings. The Kier molecular flexibility index (Phi) is 6.32. The van der Waals surface area contributed by atoms with Crippen LogP contribution >= 0.6 is 0 Å². The Morgan fingerprint density at radius 1 is 1.31 bits per heavy atom. The van der Waals surface area contributed by atoms with Gasteiger partial charge >= 0.3 is 0 Å². The zero-order valence-electron chi connectivity index (χ0n) is 11.0. The van der Waals surface area contributed by atoms with Gasteiger partial charge in [-0.15, -0.1) is 0 Å². The molecule has 4 atom stereocenters. The highest BCUT2D eigenvalue weighted by Gasteiger charge is 2.18. The fraction of sp³-hybridized carbons (Fsp3) is 1.00. The lowest BCUT2D eigenvalue weighted by Crippen LogP contribution is -2.44. The number of rotatable bonds is 6. The van der Waals surface area contributed by atoms with Crippen molar-refractivity contribution in [1.82, 2.24) is 10.6 Å². The van der Waals surface area contributed by atoms with Gasteiger partial charge in [-0.25, -0.2) is 0 Å². The van der Waals surface area contributed by atoms with E-state index in [1.165, 1.54) is 32.2 Å². The molecule has 0 radical (unpaired) electrons. The third kappa shape index (κ3) is 4.81. The van der Waals surface area contributed by atoms with Crippen molar-refractivity contribution in [3.05, 3.63) is 0 Å². The molecule has 0 saturated carbocycles. The van der Waals surface area contributed by atoms with E-state index in [2.05, 4.69) is 31.4 Å². The smallest absolute Gasteiger partial charge is 0.0471 e. The molecule has 3 N–H and O–H groups in total. The molecule has 0 aromatic carbocycles. The fourth-order valence-electron chi connectivity index (χ4n) is 2.39. The summed E-state index contributed by atoms with van der Waals surface area (Å²) in [6.07, 6.45) is 5.21. The molecule has 0 spiro atoms. The number of aliphatic hydroxyl groups excluding tert-OH is 1. The number of aliphatic hydroxyl groups is 1. The van der Waals surface area contributed by atoms with E-state index >= 15 is 0 Å². The van der Waals surface area contributed by atoms with Crippen LogP contribution in [-0.2, 0) is 0 Å². The van der Waals surface area contributed by atoms with Crippen LogP contribution in [0.3, 0.4) is 0 Å². The van der Waals surface area contributed by atoms with E-state index in [4.69, 9.17) is 5.11 Å². The monoisotopic (exact) mass is 228 g/mol. The van der Waals surface area contributed by atoms with E-state index in [1.54, 1.807) is 0 Å². The quantitative estimate of drug-likeness (QED) is 0.646. The van der Waals surface area contributed by atoms with Crippen molar-refractivity contribution in [2.45, 2.75) is 64.6 Å². The van der Waals surface area contributed by atoms with Crippen LogP contribution in [0.15, 0.2) is 0 Å². The molecule has 0 bridgehead atoms. The number of hydrogen-bond acceptors (Lipinski definition) is 3. The summed E-state index contributed by atoms with van der Waals surface area (Å²) >= 11 is 0. The first kappa shape index (κ1) is 13.9. The zero-order chi connectivity index (χ0) is 12.0. The van der Waals surface area contributed by atoms with Crippen LogP contribution in [0.4, 0.5) is 0 Å². The zero-order valence-corrected chi connectivity index (χ0v) is 11.0. The third-order valence-electron chi connectivity index (χ3n) is 3.74. The Labute approximate surface area is 100 Å². The van der Waals surface area contributed by atoms with Crippen molar-refractivity contribution in [3.63, 3.8) is 0 Å². The second kappa shape index (κ2) is 7.25. The van der Waals surface area contributed by atoms with E-state index in [-0.39, 0.29) is 6.61 Å². The lowest BCUT2D eigenvalue weighted by atomic mass is 9.97. The maximum atomic E-state index is 9.09. The van der Waals surface area contributed by atoms with Crippen LogP contribution in [-0.4, -0.2) is 36.4 Å². The Morgan fingerprint density at radius 3 is 2.62 bits per heavy atom. The van der Waals surface area contributed by atoms with Crippen LogP contribution in [0.5, 0.6) is 0 Å². The van der Waals surface area contributed by atoms with E-state index in [9.17, 15) is 0 Å². The molecular weight excluding hydrogens is 200 g/mol. The summed E-state index contributed by atoms with van der Waals surface area (Å²) in [5, 5.41) is 16.2. The summed E-state index contributed by atoms with van der Waals surface area (Å²) in [6.45, 7) is 7.94. The number of piperidine rings is 1. The number of hydrogen-bond donors (Lipinski definition) is 3. The van der Waals surface area contributed by atoms with Gasteiger partial charge in [-0.05, 0) is 45.6 Å². The third-order valence-corrected chi connectivity index (χ3v) is 3.74. The molecule has 16 heavy (non-hydrogen) atoms. The topological polar surface area (TPSA) is 44.3 Å². The molecule has 3 nitrogen and oxygen atoms in total. The van der Waals surface area contributed by atoms with Crippen LogP contribution in [0.1, 0.15) is 46.5 Å². The fourth-order valence-corrected chi connectivity index (χ4v) is 2.39. The molecular formula is C13H28N2O. The van der Waals surface area contributed by atoms with Crippen molar-refractivity contribution < 1.29 is 5.11 Å². The Morgan fingerprint density at radius 2 is 2.06 bits per heavy atom. The standard InChI is InChI=1S/C13H28N2O/c1-10(9-16)12(3)15-11(2)8-13-6-4-5-7-14-13/h10-16H,4-9H2,1-3H3. The van der Waals surface area contributed by atoms with Gasteiger partial charge in [0.15, 0.2) is 0 Å². The molecule has 3 heteroatoms. The van der Waals surface area contributed by atoms with Crippen LogP contribution in [0.2, 0.25) is 0 Å². The van der Waals surface area contributed by atoms with Gasteiger partial charge in [-0.1, -0.05) is 13.3 Å². The lowest BCUT2D eigenvalue weighted by Gasteiger charge is -2.29. The minimum absolute atomic E-state index is 0.266. The second-order valence-corrected chi connectivity index (χ2v) is 5.40. The molecule has 0 aliphatic carbocycles. The minimum atomic E-state index is 0.266. The first-order valence-corrected chi connectivity index (χ1v) is 6.73. The molecule has 1 rings (SSSR count). The van der Waals surface area contributed by atoms with E-state index in [0.717, 1.165) is 0 Å². The summed E-state index contributed by atoms with van der Waals surface area (Å²) in [6, 6.07) is 1.61. The van der Waals surface area contributed by atoms with Crippen molar-refractivity contribution in [2.75, 3.05) is 13.2 Å². The van der Waals surface area contributed by atoms with Crippen LogP contribution in [0.25, 0.3) is 0 Å². The highest BCUT2D eigenvalue weighted by molar-refractivity contribution is 4.79. The number of nitrogens with one attached hydrogen (secondary N) is 2. The van der Waals surface area contributed by atoms with Crippen molar-refractivity contribution in [1.29, 1.82) is 0 Å². The Balaban J connectivity index is 2.20. The Hall–Kier alpha value is -0.120. The summed E-state index contributed by atoms with van der Waals surface area (Å²) in [4.78, 5) is 0. The summed E-state index contributed by atoms with van der Waals surface area (Å²) in [5.74, 6) is 0.335. The van der Waals surface area contributed by atoms with Gasteiger partial charge in [0.25, 0.3) is 0 Å². The van der Waals surface area contributed by atoms with E-state index in [1.807, 2.05) is 0 Å². The molecule has 4 unspecified atom stereocenters. The average molecular weight is 228 g/mol. The van der Waals surface area contributed by atoms with E-state index < -0.39 is 0 Å². The van der Waals surface area contributed by atoms with Crippen LogP contribution in [0, 0.1) is 5.92 Å². The van der Waals surface area contributed by atoms with E-state index in [0.29, 0.717) is 24.0 Å². The van der Waals surface area contributed by atoms with Crippen molar-refractivity contribution >= 4 is 0 Å². The van der Waals surface area contributed by atoms with Gasteiger partial charge in [-0.3, -0.25) is 0 Å². The summed E-state index contributed by atoms with van der Waals surface area (Å²) in [7, 11) is 0. The van der Waals surface area contributed by atoms with Gasteiger partial charge in [-0.2, -0.15) is 0 Å².